The van der Waals surface area contributed by atoms with E-state index in [2.05, 4.69) is 99.0 Å². The van der Waals surface area contributed by atoms with Crippen molar-refractivity contribution in [2.75, 3.05) is 40.9 Å². The number of amides is 1. The average molecular weight is 1040 g/mol. The molecule has 0 saturated carbocycles. The number of phosphoric ester groups is 1. The van der Waals surface area contributed by atoms with E-state index in [0.717, 1.165) is 122 Å². The third-order valence-corrected chi connectivity index (χ3v) is 13.8. The van der Waals surface area contributed by atoms with Crippen molar-refractivity contribution < 1.29 is 37.3 Å². The molecule has 0 aromatic rings. The Morgan fingerprint density at radius 2 is 0.877 bits per heavy atom. The van der Waals surface area contributed by atoms with Gasteiger partial charge in [0, 0.05) is 12.8 Å². The summed E-state index contributed by atoms with van der Waals surface area (Å²) in [6.45, 7) is 6.86. The average Bonchev–Trinajstić information content (AvgIpc) is 3.35. The Morgan fingerprint density at radius 3 is 1.34 bits per heavy atom. The van der Waals surface area contributed by atoms with Gasteiger partial charge in [-0.3, -0.25) is 18.6 Å². The molecule has 0 aliphatic rings. The minimum atomic E-state index is -4.45. The van der Waals surface area contributed by atoms with Crippen LogP contribution >= 0.6 is 7.82 Å². The van der Waals surface area contributed by atoms with Gasteiger partial charge in [0.2, 0.25) is 5.91 Å². The van der Waals surface area contributed by atoms with E-state index in [1.54, 1.807) is 0 Å². The predicted octanol–water partition coefficient (Wildman–Crippen LogP) is 18.2. The number of esters is 1. The van der Waals surface area contributed by atoms with Gasteiger partial charge in [0.1, 0.15) is 19.3 Å². The highest BCUT2D eigenvalue weighted by atomic mass is 31.2. The first-order chi connectivity index (χ1) is 35.4. The Labute approximate surface area is 450 Å². The topological polar surface area (TPSA) is 111 Å². The van der Waals surface area contributed by atoms with Crippen LogP contribution in [0.4, 0.5) is 0 Å². The van der Waals surface area contributed by atoms with Crippen molar-refractivity contribution >= 4 is 19.7 Å². The highest BCUT2D eigenvalue weighted by molar-refractivity contribution is 7.47. The van der Waals surface area contributed by atoms with E-state index >= 15 is 0 Å². The summed E-state index contributed by atoms with van der Waals surface area (Å²) in [6.07, 6.45) is 68.6. The van der Waals surface area contributed by atoms with Crippen molar-refractivity contribution in [2.24, 2.45) is 0 Å². The van der Waals surface area contributed by atoms with Crippen LogP contribution in [0.25, 0.3) is 0 Å². The summed E-state index contributed by atoms with van der Waals surface area (Å²) in [7, 11) is 1.47. The maximum absolute atomic E-state index is 13.5. The Morgan fingerprint density at radius 1 is 0.493 bits per heavy atom. The zero-order valence-corrected chi connectivity index (χ0v) is 49.0. The minimum absolute atomic E-state index is 0.0320. The minimum Gasteiger partial charge on any atom is -0.456 e. The number of unbranched alkanes of at least 4 members (excludes halogenated alkanes) is 25. The third-order valence-electron chi connectivity index (χ3n) is 12.8. The van der Waals surface area contributed by atoms with E-state index in [0.29, 0.717) is 17.4 Å². The zero-order valence-electron chi connectivity index (χ0n) is 48.1. The number of likely N-dealkylation sites (N-methyl/N-ethyl adjacent to an activating group) is 1. The number of hydrogen-bond donors (Lipinski definition) is 2. The molecule has 0 bridgehead atoms. The summed E-state index contributed by atoms with van der Waals surface area (Å²) in [6, 6.07) is -0.863. The van der Waals surface area contributed by atoms with Crippen LogP contribution in [0.1, 0.15) is 252 Å². The van der Waals surface area contributed by atoms with Crippen molar-refractivity contribution in [3.05, 3.63) is 85.1 Å². The first-order valence-electron chi connectivity index (χ1n) is 29.9. The van der Waals surface area contributed by atoms with Crippen LogP contribution in [0.5, 0.6) is 0 Å². The van der Waals surface area contributed by atoms with Crippen LogP contribution in [0, 0.1) is 0 Å². The molecular formula is C63H114N2O7P+. The van der Waals surface area contributed by atoms with Crippen LogP contribution in [-0.2, 0) is 27.9 Å². The van der Waals surface area contributed by atoms with Crippen molar-refractivity contribution in [1.82, 2.24) is 5.32 Å². The van der Waals surface area contributed by atoms with E-state index in [4.69, 9.17) is 13.8 Å². The van der Waals surface area contributed by atoms with E-state index in [1.165, 1.54) is 96.3 Å². The second kappa shape index (κ2) is 52.6. The lowest BCUT2D eigenvalue weighted by Crippen LogP contribution is -2.47. The molecule has 0 radical (unpaired) electrons. The van der Waals surface area contributed by atoms with Crippen molar-refractivity contribution in [2.45, 2.75) is 264 Å². The number of ether oxygens (including phenoxy) is 1. The second-order valence-corrected chi connectivity index (χ2v) is 22.6. The van der Waals surface area contributed by atoms with Crippen LogP contribution in [0.15, 0.2) is 85.1 Å². The highest BCUT2D eigenvalue weighted by Gasteiger charge is 2.30. The molecule has 9 nitrogen and oxygen atoms in total. The van der Waals surface area contributed by atoms with Crippen LogP contribution < -0.4 is 5.32 Å². The van der Waals surface area contributed by atoms with Gasteiger partial charge in [-0.05, 0) is 102 Å². The van der Waals surface area contributed by atoms with Gasteiger partial charge in [-0.2, -0.15) is 0 Å². The highest BCUT2D eigenvalue weighted by Crippen LogP contribution is 2.43. The van der Waals surface area contributed by atoms with Crippen LogP contribution in [0.2, 0.25) is 0 Å². The summed E-state index contributed by atoms with van der Waals surface area (Å²) in [5, 5.41) is 3.04. The van der Waals surface area contributed by atoms with Gasteiger partial charge >= 0.3 is 13.8 Å². The molecule has 10 heteroatoms. The molecule has 0 rings (SSSR count). The number of allylic oxidation sites excluding steroid dienone is 13. The number of nitrogens with one attached hydrogen (secondary N) is 1. The molecule has 0 heterocycles. The molecule has 0 fully saturated rings. The Bertz CT molecular complexity index is 1530. The number of quaternary nitrogens is 1. The van der Waals surface area contributed by atoms with Crippen molar-refractivity contribution in [3.8, 4) is 0 Å². The van der Waals surface area contributed by atoms with E-state index in [9.17, 15) is 19.0 Å². The lowest BCUT2D eigenvalue weighted by molar-refractivity contribution is -0.870. The van der Waals surface area contributed by atoms with Crippen LogP contribution in [0.3, 0.4) is 0 Å². The molecule has 0 saturated heterocycles. The maximum Gasteiger partial charge on any atom is 0.472 e. The number of carbonyl (C=O) groups is 2. The summed E-state index contributed by atoms with van der Waals surface area (Å²) in [5.74, 6) is -0.535. The Balaban J connectivity index is 5.29. The molecule has 1 amide bonds. The number of rotatable bonds is 53. The molecule has 2 N–H and O–H groups in total. The zero-order chi connectivity index (χ0) is 53.6. The monoisotopic (exact) mass is 1040 g/mol. The van der Waals surface area contributed by atoms with Gasteiger partial charge < -0.3 is 19.4 Å². The first-order valence-corrected chi connectivity index (χ1v) is 31.4. The Hall–Kier alpha value is -2.81. The standard InChI is InChI=1S/C63H113N2O7P/c1-7-10-13-16-19-22-25-27-29-30-31-32-33-34-36-37-40-43-46-49-52-55-62(66)64-60(59-71-73(68,69)70-58-57-65(4,5)6)61(54-51-48-45-42-39-24-21-18-15-12-9-3)72-63(67)56-53-50-47-44-41-38-35-28-26-23-20-17-14-11-8-2/h10,13,19,22-23,26-27,29,31-32,34,36,51,54,60-61H,7-9,11-12,14-18,20-21,24-25,28,30,33,35,37-50,52-53,55-59H2,1-6H3,(H-,64,66,68,69)/p+1/b13-10-,22-19-,26-23-,29-27-,32-31-,36-34-,54-51-. The van der Waals surface area contributed by atoms with Crippen molar-refractivity contribution in [1.29, 1.82) is 0 Å². The molecule has 422 valence electrons. The van der Waals surface area contributed by atoms with E-state index in [-0.39, 0.29) is 31.5 Å². The number of phosphoric acid groups is 1. The van der Waals surface area contributed by atoms with E-state index < -0.39 is 20.0 Å². The molecule has 3 atom stereocenters. The molecule has 3 unspecified atom stereocenters. The maximum atomic E-state index is 13.5. The quantitative estimate of drug-likeness (QED) is 0.0205. The molecule has 0 aliphatic carbocycles. The summed E-state index contributed by atoms with van der Waals surface area (Å²) < 4.78 is 30.6. The van der Waals surface area contributed by atoms with Gasteiger partial charge in [0.15, 0.2) is 0 Å². The Kier molecular flexibility index (Phi) is 50.6. The van der Waals surface area contributed by atoms with Gasteiger partial charge in [-0.1, -0.05) is 222 Å². The summed E-state index contributed by atoms with van der Waals surface area (Å²) in [4.78, 5) is 37.6. The first kappa shape index (κ1) is 70.2. The fourth-order valence-electron chi connectivity index (χ4n) is 8.20. The van der Waals surface area contributed by atoms with E-state index in [1.807, 2.05) is 33.3 Å². The predicted molar refractivity (Wildman–Crippen MR) is 314 cm³/mol. The molecule has 0 aromatic carbocycles. The fourth-order valence-corrected chi connectivity index (χ4v) is 8.93. The number of hydrogen-bond acceptors (Lipinski definition) is 6. The third kappa shape index (κ3) is 53.8. The molecule has 73 heavy (non-hydrogen) atoms. The van der Waals surface area contributed by atoms with Gasteiger partial charge in [0.05, 0.1) is 33.8 Å². The van der Waals surface area contributed by atoms with Crippen molar-refractivity contribution in [3.63, 3.8) is 0 Å². The smallest absolute Gasteiger partial charge is 0.456 e. The normalized spacial score (nSPS) is 14.3. The SMILES string of the molecule is CC/C=C\C/C=C\C/C=C\C/C=C\C/C=C\CCCCCCCC(=O)NC(COP(=O)(O)OCC[N+](C)(C)C)C(/C=C\CCCCCCCCCCC)OC(=O)CCCCCCCCC/C=C\CCCCCC. The second-order valence-electron chi connectivity index (χ2n) is 21.1. The number of nitrogens with zero attached hydrogens (tertiary/aromatic N) is 1. The van der Waals surface area contributed by atoms with Crippen LogP contribution in [-0.4, -0.2) is 74.3 Å². The fraction of sp³-hybridized carbons (Fsp3) is 0.746. The molecule has 0 aliphatic heterocycles. The lowest BCUT2D eigenvalue weighted by Gasteiger charge is -2.27. The number of carbonyl (C=O) groups excluding carboxylic acids is 2. The summed E-state index contributed by atoms with van der Waals surface area (Å²) >= 11 is 0. The van der Waals surface area contributed by atoms with Gasteiger partial charge in [0.25, 0.3) is 0 Å². The van der Waals surface area contributed by atoms with Gasteiger partial charge in [-0.15, -0.1) is 0 Å². The largest absolute Gasteiger partial charge is 0.472 e. The van der Waals surface area contributed by atoms with Gasteiger partial charge in [-0.25, -0.2) is 4.57 Å². The molecular weight excluding hydrogens is 928 g/mol. The molecule has 0 aromatic heterocycles. The molecule has 0 spiro atoms. The summed E-state index contributed by atoms with van der Waals surface area (Å²) in [5.41, 5.74) is 0. The lowest BCUT2D eigenvalue weighted by atomic mass is 10.1.